The van der Waals surface area contributed by atoms with Crippen molar-refractivity contribution in [1.29, 1.82) is 0 Å². The van der Waals surface area contributed by atoms with Crippen LogP contribution in [0.1, 0.15) is 19.1 Å². The second-order valence-corrected chi connectivity index (χ2v) is 6.24. The number of nitrogens with zero attached hydrogens (tertiary/aromatic N) is 4. The number of halogens is 1. The summed E-state index contributed by atoms with van der Waals surface area (Å²) in [6.07, 6.45) is 3.70. The zero-order valence-corrected chi connectivity index (χ0v) is 14.3. The minimum Gasteiger partial charge on any atom is -0.506 e. The van der Waals surface area contributed by atoms with E-state index in [0.29, 0.717) is 20.9 Å². The highest BCUT2D eigenvalue weighted by Gasteiger charge is 2.22. The van der Waals surface area contributed by atoms with Crippen molar-refractivity contribution < 1.29 is 9.84 Å². The highest BCUT2D eigenvalue weighted by Crippen LogP contribution is 2.31. The molecule has 0 aliphatic carbocycles. The molecule has 8 heteroatoms. The number of imidazole rings is 1. The maximum Gasteiger partial charge on any atom is 0.194 e. The van der Waals surface area contributed by atoms with Crippen molar-refractivity contribution in [3.05, 3.63) is 34.4 Å². The van der Waals surface area contributed by atoms with Gasteiger partial charge in [-0.1, -0.05) is 12.1 Å². The molecule has 1 unspecified atom stereocenters. The molecule has 3 heterocycles. The van der Waals surface area contributed by atoms with Crippen molar-refractivity contribution in [3.63, 3.8) is 0 Å². The summed E-state index contributed by atoms with van der Waals surface area (Å²) >= 11 is 2.08. The van der Waals surface area contributed by atoms with Crippen molar-refractivity contribution in [2.75, 3.05) is 11.9 Å². The lowest BCUT2D eigenvalue weighted by atomic mass is 10.3. The first-order valence-electron chi connectivity index (χ1n) is 7.29. The van der Waals surface area contributed by atoms with Crippen LogP contribution in [0.25, 0.3) is 11.2 Å². The number of benzene rings is 1. The number of hydrogen-bond acceptors (Lipinski definition) is 6. The largest absolute Gasteiger partial charge is 0.506 e. The second kappa shape index (κ2) is 5.93. The van der Waals surface area contributed by atoms with Crippen LogP contribution in [0.2, 0.25) is 0 Å². The van der Waals surface area contributed by atoms with Gasteiger partial charge in [0.05, 0.1) is 12.0 Å². The fourth-order valence-corrected chi connectivity index (χ4v) is 3.14. The van der Waals surface area contributed by atoms with Gasteiger partial charge in [0.15, 0.2) is 20.8 Å². The summed E-state index contributed by atoms with van der Waals surface area (Å²) in [6, 6.07) is 7.02. The SMILES string of the molecule is Oc1ccccc1Nc1nc(I)nc2c1ncn2C1CCCO1. The third-order valence-corrected chi connectivity index (χ3v) is 4.25. The molecule has 0 spiro atoms. The lowest BCUT2D eigenvalue weighted by molar-refractivity contribution is 0.0592. The van der Waals surface area contributed by atoms with E-state index in [9.17, 15) is 5.11 Å². The van der Waals surface area contributed by atoms with Gasteiger partial charge in [-0.15, -0.1) is 0 Å². The number of aromatic hydroxyl groups is 1. The quantitative estimate of drug-likeness (QED) is 0.383. The van der Waals surface area contributed by atoms with Crippen LogP contribution in [-0.2, 0) is 4.74 Å². The first kappa shape index (κ1) is 14.6. The van der Waals surface area contributed by atoms with Crippen molar-refractivity contribution in [2.24, 2.45) is 0 Å². The number of aromatic nitrogens is 4. The smallest absolute Gasteiger partial charge is 0.194 e. The van der Waals surface area contributed by atoms with E-state index >= 15 is 0 Å². The van der Waals surface area contributed by atoms with Crippen LogP contribution in [0, 0.1) is 3.83 Å². The van der Waals surface area contributed by atoms with Crippen LogP contribution < -0.4 is 5.32 Å². The topological polar surface area (TPSA) is 85.1 Å². The normalized spacial score (nSPS) is 17.7. The molecular formula is C15H14IN5O2. The van der Waals surface area contributed by atoms with E-state index in [0.717, 1.165) is 25.1 Å². The van der Waals surface area contributed by atoms with Gasteiger partial charge < -0.3 is 15.2 Å². The molecule has 0 amide bonds. The summed E-state index contributed by atoms with van der Waals surface area (Å²) in [5, 5.41) is 13.1. The fourth-order valence-electron chi connectivity index (χ4n) is 2.67. The van der Waals surface area contributed by atoms with Gasteiger partial charge >= 0.3 is 0 Å². The Morgan fingerprint density at radius 1 is 1.30 bits per heavy atom. The van der Waals surface area contributed by atoms with E-state index in [1.807, 2.05) is 10.6 Å². The molecule has 1 fully saturated rings. The Morgan fingerprint density at radius 3 is 2.96 bits per heavy atom. The highest BCUT2D eigenvalue weighted by molar-refractivity contribution is 14.1. The lowest BCUT2D eigenvalue weighted by Gasteiger charge is -2.12. The zero-order valence-electron chi connectivity index (χ0n) is 12.1. The number of hydrogen-bond donors (Lipinski definition) is 2. The number of nitrogens with one attached hydrogen (secondary N) is 1. The molecule has 1 aromatic carbocycles. The Balaban J connectivity index is 1.79. The molecule has 1 atom stereocenters. The predicted octanol–water partition coefficient (Wildman–Crippen LogP) is 3.19. The maximum absolute atomic E-state index is 9.94. The molecule has 0 radical (unpaired) electrons. The lowest BCUT2D eigenvalue weighted by Crippen LogP contribution is -2.08. The molecule has 3 aromatic rings. The molecule has 4 rings (SSSR count). The Bertz CT molecular complexity index is 860. The molecule has 0 saturated carbocycles. The second-order valence-electron chi connectivity index (χ2n) is 5.28. The average molecular weight is 423 g/mol. The summed E-state index contributed by atoms with van der Waals surface area (Å²) in [5.74, 6) is 0.727. The summed E-state index contributed by atoms with van der Waals surface area (Å²) < 4.78 is 8.27. The highest BCUT2D eigenvalue weighted by atomic mass is 127. The molecule has 2 N–H and O–H groups in total. The Morgan fingerprint density at radius 2 is 2.17 bits per heavy atom. The van der Waals surface area contributed by atoms with Crippen LogP contribution in [0.3, 0.4) is 0 Å². The van der Waals surface area contributed by atoms with Gasteiger partial charge in [0.1, 0.15) is 12.0 Å². The number of rotatable bonds is 3. The molecule has 1 aliphatic heterocycles. The van der Waals surface area contributed by atoms with Crippen LogP contribution in [0.15, 0.2) is 30.6 Å². The van der Waals surface area contributed by atoms with E-state index in [1.165, 1.54) is 0 Å². The summed E-state index contributed by atoms with van der Waals surface area (Å²) in [7, 11) is 0. The van der Waals surface area contributed by atoms with Crippen molar-refractivity contribution in [1.82, 2.24) is 19.5 Å². The number of fused-ring (bicyclic) bond motifs is 1. The molecule has 1 saturated heterocycles. The first-order chi connectivity index (χ1) is 11.2. The summed E-state index contributed by atoms with van der Waals surface area (Å²) in [6.45, 7) is 0.759. The average Bonchev–Trinajstić information content (AvgIpc) is 3.18. The molecular weight excluding hydrogens is 409 g/mol. The van der Waals surface area contributed by atoms with Gasteiger partial charge in [0.2, 0.25) is 0 Å². The van der Waals surface area contributed by atoms with Crippen LogP contribution >= 0.6 is 22.6 Å². The molecule has 1 aliphatic rings. The van der Waals surface area contributed by atoms with Gasteiger partial charge in [-0.2, -0.15) is 0 Å². The van der Waals surface area contributed by atoms with Crippen molar-refractivity contribution in [2.45, 2.75) is 19.1 Å². The van der Waals surface area contributed by atoms with Gasteiger partial charge in [-0.25, -0.2) is 15.0 Å². The fraction of sp³-hybridized carbons (Fsp3) is 0.267. The number of ether oxygens (including phenoxy) is 1. The summed E-state index contributed by atoms with van der Waals surface area (Å²) in [5.41, 5.74) is 1.97. The number of phenolic OH excluding ortho intramolecular Hbond substituents is 1. The number of para-hydroxylation sites is 2. The van der Waals surface area contributed by atoms with Crippen LogP contribution in [-0.4, -0.2) is 31.2 Å². The molecule has 2 aromatic heterocycles. The van der Waals surface area contributed by atoms with Crippen molar-refractivity contribution in [3.8, 4) is 5.75 Å². The molecule has 23 heavy (non-hydrogen) atoms. The number of anilines is 2. The monoisotopic (exact) mass is 423 g/mol. The van der Waals surface area contributed by atoms with Gasteiger partial charge in [0, 0.05) is 29.2 Å². The van der Waals surface area contributed by atoms with E-state index < -0.39 is 0 Å². The van der Waals surface area contributed by atoms with Gasteiger partial charge in [-0.3, -0.25) is 4.57 Å². The molecule has 7 nitrogen and oxygen atoms in total. The standard InChI is InChI=1S/C15H14IN5O2/c16-15-19-13(18-9-4-1-2-5-10(9)22)12-14(20-15)21(8-17-12)11-6-3-7-23-11/h1-2,4-5,8,11,22H,3,6-7H2,(H,18,19,20). The Hall–Kier alpha value is -1.94. The Kier molecular flexibility index (Phi) is 3.77. The van der Waals surface area contributed by atoms with E-state index in [1.54, 1.807) is 24.5 Å². The first-order valence-corrected chi connectivity index (χ1v) is 8.37. The minimum atomic E-state index is -0.0244. The van der Waals surface area contributed by atoms with E-state index in [-0.39, 0.29) is 12.0 Å². The maximum atomic E-state index is 9.94. The van der Waals surface area contributed by atoms with Gasteiger partial charge in [-0.05, 0) is 25.0 Å². The molecule has 0 bridgehead atoms. The van der Waals surface area contributed by atoms with Crippen LogP contribution in [0.5, 0.6) is 5.75 Å². The van der Waals surface area contributed by atoms with E-state index in [4.69, 9.17) is 4.74 Å². The zero-order chi connectivity index (χ0) is 15.8. The van der Waals surface area contributed by atoms with E-state index in [2.05, 4.69) is 42.9 Å². The van der Waals surface area contributed by atoms with Crippen molar-refractivity contribution >= 4 is 45.3 Å². The molecule has 118 valence electrons. The van der Waals surface area contributed by atoms with Gasteiger partial charge in [0.25, 0.3) is 0 Å². The third kappa shape index (κ3) is 2.72. The number of phenols is 1. The Labute approximate surface area is 145 Å². The summed E-state index contributed by atoms with van der Waals surface area (Å²) in [4.78, 5) is 13.4. The van der Waals surface area contributed by atoms with Crippen LogP contribution in [0.4, 0.5) is 11.5 Å². The third-order valence-electron chi connectivity index (χ3n) is 3.77. The minimum absolute atomic E-state index is 0.0244. The predicted molar refractivity (Wildman–Crippen MR) is 93.7 cm³/mol.